The molecule has 0 amide bonds. The van der Waals surface area contributed by atoms with Crippen molar-refractivity contribution >= 4 is 11.0 Å². The van der Waals surface area contributed by atoms with Gasteiger partial charge in [-0.1, -0.05) is 24.3 Å². The van der Waals surface area contributed by atoms with E-state index < -0.39 is 0 Å². The SMILES string of the molecule is CN(C)CCCOc1cccc(-c2nc3ccccc3[nH]2)c1. The molecule has 114 valence electrons. The van der Waals surface area contributed by atoms with Crippen molar-refractivity contribution in [1.82, 2.24) is 14.9 Å². The number of benzene rings is 2. The molecular weight excluding hydrogens is 274 g/mol. The van der Waals surface area contributed by atoms with E-state index in [1.807, 2.05) is 48.5 Å². The summed E-state index contributed by atoms with van der Waals surface area (Å²) in [6.45, 7) is 1.75. The minimum atomic E-state index is 0.724. The predicted molar refractivity (Wildman–Crippen MR) is 90.2 cm³/mol. The number of H-pyrrole nitrogens is 1. The van der Waals surface area contributed by atoms with Crippen molar-refractivity contribution in [3.05, 3.63) is 48.5 Å². The van der Waals surface area contributed by atoms with E-state index in [1.54, 1.807) is 0 Å². The molecule has 1 heterocycles. The van der Waals surface area contributed by atoms with Crippen LogP contribution in [0.2, 0.25) is 0 Å². The Morgan fingerprint density at radius 1 is 1.09 bits per heavy atom. The Labute approximate surface area is 130 Å². The summed E-state index contributed by atoms with van der Waals surface area (Å²) in [6, 6.07) is 16.1. The van der Waals surface area contributed by atoms with Gasteiger partial charge >= 0.3 is 0 Å². The number of nitrogens with one attached hydrogen (secondary N) is 1. The predicted octanol–water partition coefficient (Wildman–Crippen LogP) is 3.56. The number of nitrogens with zero attached hydrogens (tertiary/aromatic N) is 2. The number of hydrogen-bond acceptors (Lipinski definition) is 3. The van der Waals surface area contributed by atoms with Gasteiger partial charge in [-0.2, -0.15) is 0 Å². The van der Waals surface area contributed by atoms with E-state index in [-0.39, 0.29) is 0 Å². The van der Waals surface area contributed by atoms with Crippen LogP contribution in [-0.2, 0) is 0 Å². The summed E-state index contributed by atoms with van der Waals surface area (Å²) in [7, 11) is 4.14. The highest BCUT2D eigenvalue weighted by molar-refractivity contribution is 5.79. The average Bonchev–Trinajstić information content (AvgIpc) is 2.96. The zero-order valence-corrected chi connectivity index (χ0v) is 13.0. The Kier molecular flexibility index (Phi) is 4.39. The fourth-order valence-corrected chi connectivity index (χ4v) is 2.39. The number of para-hydroxylation sites is 2. The molecule has 0 fully saturated rings. The third-order valence-corrected chi connectivity index (χ3v) is 3.52. The number of fused-ring (bicyclic) bond motifs is 1. The van der Waals surface area contributed by atoms with Gasteiger partial charge < -0.3 is 14.6 Å². The first kappa shape index (κ1) is 14.6. The van der Waals surface area contributed by atoms with Crippen molar-refractivity contribution in [2.75, 3.05) is 27.2 Å². The smallest absolute Gasteiger partial charge is 0.138 e. The standard InChI is InChI=1S/C18H21N3O/c1-21(2)11-6-12-22-15-8-5-7-14(13-15)18-19-16-9-3-4-10-17(16)20-18/h3-5,7-10,13H,6,11-12H2,1-2H3,(H,19,20). The van der Waals surface area contributed by atoms with Crippen LogP contribution in [0.15, 0.2) is 48.5 Å². The van der Waals surface area contributed by atoms with Crippen LogP contribution in [0.25, 0.3) is 22.4 Å². The second kappa shape index (κ2) is 6.62. The molecule has 3 rings (SSSR count). The van der Waals surface area contributed by atoms with Crippen LogP contribution in [-0.4, -0.2) is 42.1 Å². The van der Waals surface area contributed by atoms with E-state index in [0.717, 1.165) is 47.7 Å². The molecule has 0 radical (unpaired) electrons. The van der Waals surface area contributed by atoms with Crippen molar-refractivity contribution in [3.63, 3.8) is 0 Å². The molecule has 2 aromatic carbocycles. The van der Waals surface area contributed by atoms with Crippen LogP contribution in [0.1, 0.15) is 6.42 Å². The van der Waals surface area contributed by atoms with Crippen molar-refractivity contribution in [2.24, 2.45) is 0 Å². The van der Waals surface area contributed by atoms with Gasteiger partial charge in [0.1, 0.15) is 11.6 Å². The highest BCUT2D eigenvalue weighted by Crippen LogP contribution is 2.24. The van der Waals surface area contributed by atoms with E-state index in [0.29, 0.717) is 0 Å². The van der Waals surface area contributed by atoms with Crippen LogP contribution in [0.4, 0.5) is 0 Å². The van der Waals surface area contributed by atoms with Gasteiger partial charge in [-0.05, 0) is 44.8 Å². The number of imidazole rings is 1. The fourth-order valence-electron chi connectivity index (χ4n) is 2.39. The molecule has 0 saturated carbocycles. The van der Waals surface area contributed by atoms with Gasteiger partial charge in [-0.15, -0.1) is 0 Å². The number of aromatic amines is 1. The van der Waals surface area contributed by atoms with E-state index in [9.17, 15) is 0 Å². The Hall–Kier alpha value is -2.33. The largest absolute Gasteiger partial charge is 0.494 e. The summed E-state index contributed by atoms with van der Waals surface area (Å²) in [5, 5.41) is 0. The van der Waals surface area contributed by atoms with Crippen LogP contribution >= 0.6 is 0 Å². The van der Waals surface area contributed by atoms with E-state index >= 15 is 0 Å². The third-order valence-electron chi connectivity index (χ3n) is 3.52. The van der Waals surface area contributed by atoms with Crippen molar-refractivity contribution < 1.29 is 4.74 Å². The molecule has 4 heteroatoms. The van der Waals surface area contributed by atoms with E-state index in [2.05, 4.69) is 29.0 Å². The van der Waals surface area contributed by atoms with Crippen LogP contribution in [0, 0.1) is 0 Å². The summed E-state index contributed by atoms with van der Waals surface area (Å²) < 4.78 is 5.82. The van der Waals surface area contributed by atoms with Crippen LogP contribution < -0.4 is 4.74 Å². The summed E-state index contributed by atoms with van der Waals surface area (Å²) >= 11 is 0. The normalized spacial score (nSPS) is 11.2. The lowest BCUT2D eigenvalue weighted by molar-refractivity contribution is 0.281. The van der Waals surface area contributed by atoms with Gasteiger partial charge in [-0.3, -0.25) is 0 Å². The second-order valence-electron chi connectivity index (χ2n) is 5.64. The number of hydrogen-bond donors (Lipinski definition) is 1. The van der Waals surface area contributed by atoms with Crippen molar-refractivity contribution in [1.29, 1.82) is 0 Å². The van der Waals surface area contributed by atoms with E-state index in [4.69, 9.17) is 4.74 Å². The number of aromatic nitrogens is 2. The van der Waals surface area contributed by atoms with Gasteiger partial charge in [-0.25, -0.2) is 4.98 Å². The van der Waals surface area contributed by atoms with Gasteiger partial charge in [0, 0.05) is 12.1 Å². The lowest BCUT2D eigenvalue weighted by Gasteiger charge is -2.10. The Morgan fingerprint density at radius 2 is 1.95 bits per heavy atom. The van der Waals surface area contributed by atoms with Gasteiger partial charge in [0.25, 0.3) is 0 Å². The minimum Gasteiger partial charge on any atom is -0.494 e. The average molecular weight is 295 g/mol. The molecular formula is C18H21N3O. The molecule has 1 aromatic heterocycles. The lowest BCUT2D eigenvalue weighted by Crippen LogP contribution is -2.15. The van der Waals surface area contributed by atoms with Gasteiger partial charge in [0.2, 0.25) is 0 Å². The molecule has 22 heavy (non-hydrogen) atoms. The first-order chi connectivity index (χ1) is 10.7. The molecule has 0 unspecified atom stereocenters. The molecule has 0 saturated heterocycles. The maximum atomic E-state index is 5.82. The monoisotopic (exact) mass is 295 g/mol. The molecule has 0 bridgehead atoms. The molecule has 4 nitrogen and oxygen atoms in total. The molecule has 3 aromatic rings. The lowest BCUT2D eigenvalue weighted by atomic mass is 10.2. The number of rotatable bonds is 6. The summed E-state index contributed by atoms with van der Waals surface area (Å²) in [5.41, 5.74) is 3.07. The molecule has 0 atom stereocenters. The van der Waals surface area contributed by atoms with Gasteiger partial charge in [0.15, 0.2) is 0 Å². The summed E-state index contributed by atoms with van der Waals surface area (Å²) in [6.07, 6.45) is 1.02. The molecule has 1 N–H and O–H groups in total. The second-order valence-corrected chi connectivity index (χ2v) is 5.64. The zero-order chi connectivity index (χ0) is 15.4. The van der Waals surface area contributed by atoms with Crippen LogP contribution in [0.3, 0.4) is 0 Å². The van der Waals surface area contributed by atoms with Crippen LogP contribution in [0.5, 0.6) is 5.75 Å². The minimum absolute atomic E-state index is 0.724. The molecule has 0 spiro atoms. The summed E-state index contributed by atoms with van der Waals surface area (Å²) in [5.74, 6) is 1.76. The molecule has 0 aliphatic heterocycles. The first-order valence-electron chi connectivity index (χ1n) is 7.55. The third kappa shape index (κ3) is 3.46. The quantitative estimate of drug-likeness (QED) is 0.707. The number of ether oxygens (including phenoxy) is 1. The molecule has 0 aliphatic rings. The van der Waals surface area contributed by atoms with Crippen molar-refractivity contribution in [2.45, 2.75) is 6.42 Å². The first-order valence-corrected chi connectivity index (χ1v) is 7.55. The zero-order valence-electron chi connectivity index (χ0n) is 13.0. The van der Waals surface area contributed by atoms with Gasteiger partial charge in [0.05, 0.1) is 17.6 Å². The Bertz CT molecular complexity index is 716. The highest BCUT2D eigenvalue weighted by atomic mass is 16.5. The van der Waals surface area contributed by atoms with E-state index in [1.165, 1.54) is 0 Å². The Balaban J connectivity index is 1.73. The summed E-state index contributed by atoms with van der Waals surface area (Å²) in [4.78, 5) is 10.1. The molecule has 0 aliphatic carbocycles. The highest BCUT2D eigenvalue weighted by Gasteiger charge is 2.06. The Morgan fingerprint density at radius 3 is 2.77 bits per heavy atom. The van der Waals surface area contributed by atoms with Crippen molar-refractivity contribution in [3.8, 4) is 17.1 Å². The fraction of sp³-hybridized carbons (Fsp3) is 0.278. The maximum absolute atomic E-state index is 5.82. The topological polar surface area (TPSA) is 41.1 Å². The maximum Gasteiger partial charge on any atom is 0.138 e.